The molecule has 0 saturated heterocycles. The Bertz CT molecular complexity index is 627. The largest absolute Gasteiger partial charge is 0.384 e. The van der Waals surface area contributed by atoms with Crippen LogP contribution in [0.25, 0.3) is 0 Å². The number of hydrogen-bond acceptors (Lipinski definition) is 3. The highest BCUT2D eigenvalue weighted by Crippen LogP contribution is 2.18. The lowest BCUT2D eigenvalue weighted by Gasteiger charge is -2.15. The first-order valence-corrected chi connectivity index (χ1v) is 7.11. The standard InChI is InChI=1S/C16H16FNOS/c1-18(11-13-5-2-3-7-16(13)17)12-15-9-8-14(20-15)6-4-10-19/h2-3,5,7-9,19H,10-12H2,1H3. The number of thiophene rings is 1. The predicted octanol–water partition coefficient (Wildman–Crippen LogP) is 2.86. The number of nitrogens with zero attached hydrogens (tertiary/aromatic N) is 1. The van der Waals surface area contributed by atoms with Crippen LogP contribution in [0.2, 0.25) is 0 Å². The molecule has 0 bridgehead atoms. The zero-order valence-electron chi connectivity index (χ0n) is 11.3. The molecule has 1 heterocycles. The molecule has 0 atom stereocenters. The number of aliphatic hydroxyl groups is 1. The topological polar surface area (TPSA) is 23.5 Å². The van der Waals surface area contributed by atoms with E-state index in [9.17, 15) is 4.39 Å². The number of halogens is 1. The van der Waals surface area contributed by atoms with Gasteiger partial charge in [0.25, 0.3) is 0 Å². The van der Waals surface area contributed by atoms with E-state index < -0.39 is 0 Å². The van der Waals surface area contributed by atoms with Crippen LogP contribution in [0.5, 0.6) is 0 Å². The van der Waals surface area contributed by atoms with E-state index in [1.165, 1.54) is 10.9 Å². The lowest BCUT2D eigenvalue weighted by Crippen LogP contribution is -2.17. The summed E-state index contributed by atoms with van der Waals surface area (Å²) in [5.74, 6) is 5.35. The first-order valence-electron chi connectivity index (χ1n) is 6.29. The van der Waals surface area contributed by atoms with Gasteiger partial charge in [-0.15, -0.1) is 11.3 Å². The molecule has 20 heavy (non-hydrogen) atoms. The average Bonchev–Trinajstić information content (AvgIpc) is 2.86. The summed E-state index contributed by atoms with van der Waals surface area (Å²) in [4.78, 5) is 4.17. The van der Waals surface area contributed by atoms with Crippen LogP contribution in [0.3, 0.4) is 0 Å². The lowest BCUT2D eigenvalue weighted by molar-refractivity contribution is 0.316. The molecule has 1 aromatic carbocycles. The smallest absolute Gasteiger partial charge is 0.127 e. The van der Waals surface area contributed by atoms with Crippen molar-refractivity contribution in [1.82, 2.24) is 4.90 Å². The minimum atomic E-state index is -0.167. The summed E-state index contributed by atoms with van der Waals surface area (Å²) in [6.07, 6.45) is 0. The van der Waals surface area contributed by atoms with E-state index in [1.54, 1.807) is 23.5 Å². The maximum atomic E-state index is 13.6. The lowest BCUT2D eigenvalue weighted by atomic mass is 10.2. The molecule has 0 unspecified atom stereocenters. The Balaban J connectivity index is 1.96. The highest BCUT2D eigenvalue weighted by Gasteiger charge is 2.07. The van der Waals surface area contributed by atoms with Crippen molar-refractivity contribution >= 4 is 11.3 Å². The molecule has 0 aliphatic carbocycles. The maximum Gasteiger partial charge on any atom is 0.127 e. The van der Waals surface area contributed by atoms with E-state index in [0.29, 0.717) is 12.1 Å². The molecule has 0 saturated carbocycles. The Labute approximate surface area is 122 Å². The van der Waals surface area contributed by atoms with Crippen molar-refractivity contribution < 1.29 is 9.50 Å². The van der Waals surface area contributed by atoms with Gasteiger partial charge < -0.3 is 5.11 Å². The molecule has 0 radical (unpaired) electrons. The van der Waals surface area contributed by atoms with Gasteiger partial charge >= 0.3 is 0 Å². The summed E-state index contributed by atoms with van der Waals surface area (Å²) in [7, 11) is 1.96. The van der Waals surface area contributed by atoms with Gasteiger partial charge in [-0.05, 0) is 25.2 Å². The molecule has 0 aliphatic rings. The molecule has 0 amide bonds. The molecule has 1 aromatic heterocycles. The summed E-state index contributed by atoms with van der Waals surface area (Å²) in [6.45, 7) is 1.20. The van der Waals surface area contributed by atoms with Crippen molar-refractivity contribution in [3.8, 4) is 11.8 Å². The van der Waals surface area contributed by atoms with Crippen LogP contribution >= 0.6 is 11.3 Å². The second-order valence-corrected chi connectivity index (χ2v) is 5.66. The number of benzene rings is 1. The summed E-state index contributed by atoms with van der Waals surface area (Å²) >= 11 is 1.60. The van der Waals surface area contributed by atoms with Crippen molar-refractivity contribution in [2.45, 2.75) is 13.1 Å². The fourth-order valence-electron chi connectivity index (χ4n) is 1.90. The number of hydrogen-bond donors (Lipinski definition) is 1. The fraction of sp³-hybridized carbons (Fsp3) is 0.250. The van der Waals surface area contributed by atoms with Crippen molar-refractivity contribution in [3.05, 3.63) is 57.5 Å². The molecule has 2 rings (SSSR count). The second-order valence-electron chi connectivity index (χ2n) is 4.49. The Morgan fingerprint density at radius 1 is 1.20 bits per heavy atom. The molecule has 0 fully saturated rings. The summed E-state index contributed by atoms with van der Waals surface area (Å²) in [5.41, 5.74) is 0.701. The summed E-state index contributed by atoms with van der Waals surface area (Å²) in [6, 6.07) is 10.8. The van der Waals surface area contributed by atoms with E-state index in [-0.39, 0.29) is 12.4 Å². The van der Waals surface area contributed by atoms with Gasteiger partial charge in [0.15, 0.2) is 0 Å². The number of aliphatic hydroxyl groups excluding tert-OH is 1. The summed E-state index contributed by atoms with van der Waals surface area (Å²) in [5, 5.41) is 8.66. The average molecular weight is 289 g/mol. The summed E-state index contributed by atoms with van der Waals surface area (Å²) < 4.78 is 13.6. The highest BCUT2D eigenvalue weighted by atomic mass is 32.1. The van der Waals surface area contributed by atoms with Crippen LogP contribution in [-0.4, -0.2) is 23.7 Å². The molecule has 2 nitrogen and oxygen atoms in total. The number of rotatable bonds is 4. The minimum absolute atomic E-state index is 0.125. The van der Waals surface area contributed by atoms with Crippen molar-refractivity contribution in [3.63, 3.8) is 0 Å². The third kappa shape index (κ3) is 4.17. The second kappa shape index (κ2) is 7.20. The highest BCUT2D eigenvalue weighted by molar-refractivity contribution is 7.12. The molecular formula is C16H16FNOS. The van der Waals surface area contributed by atoms with Crippen LogP contribution in [0.15, 0.2) is 36.4 Å². The maximum absolute atomic E-state index is 13.6. The molecule has 104 valence electrons. The van der Waals surface area contributed by atoms with Crippen LogP contribution in [0.1, 0.15) is 15.3 Å². The Kier molecular flexibility index (Phi) is 5.31. The van der Waals surface area contributed by atoms with Gasteiger partial charge in [0, 0.05) is 23.5 Å². The van der Waals surface area contributed by atoms with E-state index in [2.05, 4.69) is 16.7 Å². The van der Waals surface area contributed by atoms with Crippen LogP contribution < -0.4 is 0 Å². The van der Waals surface area contributed by atoms with Gasteiger partial charge in [0.2, 0.25) is 0 Å². The van der Waals surface area contributed by atoms with Crippen molar-refractivity contribution in [2.75, 3.05) is 13.7 Å². The predicted molar refractivity (Wildman–Crippen MR) is 79.9 cm³/mol. The Morgan fingerprint density at radius 2 is 2.00 bits per heavy atom. The zero-order chi connectivity index (χ0) is 14.4. The van der Waals surface area contributed by atoms with E-state index in [4.69, 9.17) is 5.11 Å². The van der Waals surface area contributed by atoms with Gasteiger partial charge in [-0.2, -0.15) is 0 Å². The van der Waals surface area contributed by atoms with Crippen LogP contribution in [0.4, 0.5) is 4.39 Å². The van der Waals surface area contributed by atoms with Gasteiger partial charge in [0.1, 0.15) is 12.4 Å². The zero-order valence-corrected chi connectivity index (χ0v) is 12.1. The van der Waals surface area contributed by atoms with Gasteiger partial charge in [-0.1, -0.05) is 30.0 Å². The fourth-order valence-corrected chi connectivity index (χ4v) is 2.86. The van der Waals surface area contributed by atoms with Crippen LogP contribution in [-0.2, 0) is 13.1 Å². The SMILES string of the molecule is CN(Cc1ccc(C#CCO)s1)Cc1ccccc1F. The molecular weight excluding hydrogens is 273 g/mol. The molecule has 0 spiro atoms. The van der Waals surface area contributed by atoms with Gasteiger partial charge in [-0.25, -0.2) is 4.39 Å². The molecule has 0 aliphatic heterocycles. The Hall–Kier alpha value is -1.67. The van der Waals surface area contributed by atoms with E-state index in [1.807, 2.05) is 25.2 Å². The first kappa shape index (κ1) is 14.7. The van der Waals surface area contributed by atoms with Crippen molar-refractivity contribution in [1.29, 1.82) is 0 Å². The van der Waals surface area contributed by atoms with E-state index >= 15 is 0 Å². The minimum Gasteiger partial charge on any atom is -0.384 e. The normalized spacial score (nSPS) is 10.4. The third-order valence-corrected chi connectivity index (χ3v) is 3.76. The first-order chi connectivity index (χ1) is 9.69. The quantitative estimate of drug-likeness (QED) is 0.875. The van der Waals surface area contributed by atoms with Gasteiger partial charge in [0.05, 0.1) is 4.88 Å². The van der Waals surface area contributed by atoms with Crippen LogP contribution in [0, 0.1) is 17.7 Å². The monoisotopic (exact) mass is 289 g/mol. The molecule has 4 heteroatoms. The molecule has 1 N–H and O–H groups in total. The molecule has 2 aromatic rings. The van der Waals surface area contributed by atoms with Gasteiger partial charge in [-0.3, -0.25) is 4.90 Å². The van der Waals surface area contributed by atoms with Crippen molar-refractivity contribution in [2.24, 2.45) is 0 Å². The Morgan fingerprint density at radius 3 is 2.75 bits per heavy atom. The third-order valence-electron chi connectivity index (χ3n) is 2.78. The van der Waals surface area contributed by atoms with E-state index in [0.717, 1.165) is 11.4 Å².